The first-order valence-electron chi connectivity index (χ1n) is 6.80. The van der Waals surface area contributed by atoms with Crippen LogP contribution in [0.2, 0.25) is 5.02 Å². The zero-order valence-electron chi connectivity index (χ0n) is 12.0. The number of benzene rings is 1. The molecule has 23 heavy (non-hydrogen) atoms. The van der Waals surface area contributed by atoms with Gasteiger partial charge in [-0.15, -0.1) is 0 Å². The molecule has 1 spiro atoms. The maximum atomic E-state index is 13.0. The molecule has 0 N–H and O–H groups in total. The zero-order valence-corrected chi connectivity index (χ0v) is 12.8. The molecular weight excluding hydrogens is 333 g/mol. The Labute approximate surface area is 135 Å². The fourth-order valence-corrected chi connectivity index (χ4v) is 3.38. The number of carbonyl (C=O) groups excluding carboxylic acids is 2. The van der Waals surface area contributed by atoms with Crippen LogP contribution in [0.3, 0.4) is 0 Å². The van der Waals surface area contributed by atoms with E-state index in [0.717, 1.165) is 6.08 Å². The lowest BCUT2D eigenvalue weighted by Crippen LogP contribution is -2.58. The Morgan fingerprint density at radius 2 is 2.00 bits per heavy atom. The van der Waals surface area contributed by atoms with Crippen molar-refractivity contribution >= 4 is 29.1 Å². The molecule has 4 nitrogen and oxygen atoms in total. The van der Waals surface area contributed by atoms with E-state index in [4.69, 9.17) is 11.6 Å². The van der Waals surface area contributed by atoms with Gasteiger partial charge in [-0.1, -0.05) is 17.7 Å². The summed E-state index contributed by atoms with van der Waals surface area (Å²) in [6.45, 7) is -1.50. The third-order valence-electron chi connectivity index (χ3n) is 4.16. The number of rotatable bonds is 1. The molecular formula is C15H12ClF3N2O2. The van der Waals surface area contributed by atoms with Crippen molar-refractivity contribution in [1.29, 1.82) is 0 Å². The molecule has 2 amide bonds. The van der Waals surface area contributed by atoms with E-state index in [0.29, 0.717) is 21.2 Å². The fraction of sp³-hybridized carbons (Fsp3) is 0.333. The van der Waals surface area contributed by atoms with Gasteiger partial charge in [0.25, 0.3) is 5.91 Å². The molecule has 0 aliphatic carbocycles. The number of alkyl halides is 3. The molecule has 2 aliphatic rings. The molecule has 0 fully saturated rings. The lowest BCUT2D eigenvalue weighted by molar-refractivity contribution is -0.174. The molecule has 0 saturated heterocycles. The summed E-state index contributed by atoms with van der Waals surface area (Å²) in [5.74, 6) is -1.42. The highest BCUT2D eigenvalue weighted by Crippen LogP contribution is 2.48. The van der Waals surface area contributed by atoms with E-state index in [2.05, 4.69) is 0 Å². The standard InChI is InChI=1S/C15H12ClF3N2O2/c1-20-11-5-4-9(16)7-10(11)14(13(20)23)6-2-3-12(22)21(14)8-15(17,18)19/h2-5,7H,6,8H2,1H3. The van der Waals surface area contributed by atoms with Crippen LogP contribution in [0.4, 0.5) is 18.9 Å². The monoisotopic (exact) mass is 344 g/mol. The second-order valence-electron chi connectivity index (χ2n) is 5.53. The predicted molar refractivity (Wildman–Crippen MR) is 78.1 cm³/mol. The van der Waals surface area contributed by atoms with Gasteiger partial charge in [-0.05, 0) is 24.3 Å². The number of halogens is 4. The molecule has 1 atom stereocenters. The SMILES string of the molecule is CN1C(=O)C2(CC=CC(=O)N2CC(F)(F)F)c2cc(Cl)ccc21. The van der Waals surface area contributed by atoms with E-state index in [1.807, 2.05) is 0 Å². The van der Waals surface area contributed by atoms with E-state index in [9.17, 15) is 22.8 Å². The normalized spacial score (nSPS) is 23.9. The minimum atomic E-state index is -4.62. The van der Waals surface area contributed by atoms with Crippen LogP contribution >= 0.6 is 11.6 Å². The van der Waals surface area contributed by atoms with Gasteiger partial charge in [0.15, 0.2) is 5.54 Å². The molecule has 0 saturated carbocycles. The summed E-state index contributed by atoms with van der Waals surface area (Å²) in [4.78, 5) is 26.8. The van der Waals surface area contributed by atoms with Crippen LogP contribution in [0.1, 0.15) is 12.0 Å². The summed E-state index contributed by atoms with van der Waals surface area (Å²) >= 11 is 5.96. The maximum absolute atomic E-state index is 13.0. The first-order chi connectivity index (χ1) is 10.7. The number of nitrogens with zero attached hydrogens (tertiary/aromatic N) is 2. The molecule has 1 aromatic rings. The molecule has 3 rings (SSSR count). The van der Waals surface area contributed by atoms with Crippen LogP contribution in [-0.4, -0.2) is 36.5 Å². The third kappa shape index (κ3) is 2.30. The van der Waals surface area contributed by atoms with Gasteiger partial charge in [-0.2, -0.15) is 13.2 Å². The van der Waals surface area contributed by atoms with Crippen LogP contribution < -0.4 is 4.90 Å². The molecule has 0 radical (unpaired) electrons. The highest BCUT2D eigenvalue weighted by Gasteiger charge is 2.57. The molecule has 122 valence electrons. The van der Waals surface area contributed by atoms with Gasteiger partial charge in [0.05, 0.1) is 0 Å². The highest BCUT2D eigenvalue weighted by molar-refractivity contribution is 6.31. The van der Waals surface area contributed by atoms with E-state index in [1.165, 1.54) is 24.1 Å². The van der Waals surface area contributed by atoms with Gasteiger partial charge in [0.2, 0.25) is 5.91 Å². The maximum Gasteiger partial charge on any atom is 0.406 e. The van der Waals surface area contributed by atoms with Crippen LogP contribution in [0.5, 0.6) is 0 Å². The molecule has 1 aromatic carbocycles. The summed E-state index contributed by atoms with van der Waals surface area (Å²) in [7, 11) is 1.47. The number of likely N-dealkylation sites (N-methyl/N-ethyl adjacent to an activating group) is 1. The van der Waals surface area contributed by atoms with Gasteiger partial charge in [0.1, 0.15) is 6.54 Å². The molecule has 2 aliphatic heterocycles. The van der Waals surface area contributed by atoms with Crippen LogP contribution in [-0.2, 0) is 15.1 Å². The van der Waals surface area contributed by atoms with Gasteiger partial charge < -0.3 is 9.80 Å². The number of fused-ring (bicyclic) bond motifs is 2. The highest BCUT2D eigenvalue weighted by atomic mass is 35.5. The Bertz CT molecular complexity index is 732. The van der Waals surface area contributed by atoms with Crippen molar-refractivity contribution < 1.29 is 22.8 Å². The van der Waals surface area contributed by atoms with Crippen molar-refractivity contribution in [2.24, 2.45) is 0 Å². The minimum Gasteiger partial charge on any atom is -0.313 e. The summed E-state index contributed by atoms with van der Waals surface area (Å²) < 4.78 is 38.9. The summed E-state index contributed by atoms with van der Waals surface area (Å²) in [6, 6.07) is 4.57. The largest absolute Gasteiger partial charge is 0.406 e. The first-order valence-corrected chi connectivity index (χ1v) is 7.18. The predicted octanol–water partition coefficient (Wildman–Crippen LogP) is 2.86. The van der Waals surface area contributed by atoms with Crippen LogP contribution in [0.25, 0.3) is 0 Å². The van der Waals surface area contributed by atoms with Crippen LogP contribution in [0, 0.1) is 0 Å². The van der Waals surface area contributed by atoms with Gasteiger partial charge in [-0.25, -0.2) is 0 Å². The van der Waals surface area contributed by atoms with E-state index in [1.54, 1.807) is 12.1 Å². The third-order valence-corrected chi connectivity index (χ3v) is 4.40. The van der Waals surface area contributed by atoms with Crippen molar-refractivity contribution in [2.45, 2.75) is 18.1 Å². The molecule has 8 heteroatoms. The summed E-state index contributed by atoms with van der Waals surface area (Å²) in [5, 5.41) is 0.292. The van der Waals surface area contributed by atoms with Gasteiger partial charge >= 0.3 is 6.18 Å². The van der Waals surface area contributed by atoms with E-state index >= 15 is 0 Å². The topological polar surface area (TPSA) is 40.6 Å². The zero-order chi connectivity index (χ0) is 17.0. The molecule has 1 unspecified atom stereocenters. The van der Waals surface area contributed by atoms with Crippen molar-refractivity contribution in [3.63, 3.8) is 0 Å². The van der Waals surface area contributed by atoms with E-state index < -0.39 is 30.1 Å². The number of anilines is 1. The van der Waals surface area contributed by atoms with Crippen molar-refractivity contribution in [1.82, 2.24) is 4.90 Å². The minimum absolute atomic E-state index is 0.0225. The number of hydrogen-bond acceptors (Lipinski definition) is 2. The van der Waals surface area contributed by atoms with Gasteiger partial charge in [0, 0.05) is 29.7 Å². The Hall–Kier alpha value is -2.02. The smallest absolute Gasteiger partial charge is 0.313 e. The summed E-state index contributed by atoms with van der Waals surface area (Å²) in [6.07, 6.45) is -2.15. The molecule has 2 heterocycles. The summed E-state index contributed by atoms with van der Waals surface area (Å²) in [5.41, 5.74) is -0.926. The van der Waals surface area contributed by atoms with Crippen molar-refractivity contribution in [3.05, 3.63) is 40.9 Å². The Kier molecular flexibility index (Phi) is 3.44. The average Bonchev–Trinajstić information content (AvgIpc) is 2.65. The Balaban J connectivity index is 2.22. The van der Waals surface area contributed by atoms with Crippen LogP contribution in [0.15, 0.2) is 30.4 Å². The number of amides is 2. The van der Waals surface area contributed by atoms with Gasteiger partial charge in [-0.3, -0.25) is 9.59 Å². The Morgan fingerprint density at radius 3 is 2.65 bits per heavy atom. The lowest BCUT2D eigenvalue weighted by atomic mass is 9.83. The van der Waals surface area contributed by atoms with E-state index in [-0.39, 0.29) is 6.42 Å². The number of carbonyl (C=O) groups is 2. The fourth-order valence-electron chi connectivity index (χ4n) is 3.20. The second-order valence-corrected chi connectivity index (χ2v) is 5.97. The van der Waals surface area contributed by atoms with Crippen molar-refractivity contribution in [2.75, 3.05) is 18.5 Å². The molecule has 0 aromatic heterocycles. The lowest BCUT2D eigenvalue weighted by Gasteiger charge is -2.41. The molecule has 0 bridgehead atoms. The quantitative estimate of drug-likeness (QED) is 0.786. The average molecular weight is 345 g/mol. The number of hydrogen-bond donors (Lipinski definition) is 0. The Morgan fingerprint density at radius 1 is 1.30 bits per heavy atom. The first kappa shape index (κ1) is 15.9. The second kappa shape index (κ2) is 4.99. The van der Waals surface area contributed by atoms with Crippen molar-refractivity contribution in [3.8, 4) is 0 Å².